The minimum absolute atomic E-state index is 0.0340. The summed E-state index contributed by atoms with van der Waals surface area (Å²) in [6.07, 6.45) is 5.83. The second-order valence-corrected chi connectivity index (χ2v) is 5.67. The molecule has 0 saturated carbocycles. The Bertz CT molecular complexity index is 459. The fourth-order valence-electron chi connectivity index (χ4n) is 2.32. The molecular weight excluding hydrogens is 246 g/mol. The SMILES string of the molecule is COC(=O)C1=CC[C@@H]2C=C[C@H]1N2C(=O)OC(C)(C)C. The molecule has 5 heteroatoms. The first-order valence-corrected chi connectivity index (χ1v) is 6.31. The Balaban J connectivity index is 2.19. The van der Waals surface area contributed by atoms with E-state index in [1.54, 1.807) is 4.90 Å². The standard InChI is InChI=1S/C14H19NO4/c1-14(2,3)19-13(17)15-9-5-7-10(12(16)18-4)11(15)8-6-9/h6-9,11H,5H2,1-4H3/t9-,11-/m1/s1. The van der Waals surface area contributed by atoms with Gasteiger partial charge in [0.25, 0.3) is 0 Å². The van der Waals surface area contributed by atoms with Gasteiger partial charge in [-0.15, -0.1) is 0 Å². The molecule has 104 valence electrons. The maximum atomic E-state index is 12.2. The van der Waals surface area contributed by atoms with Crippen molar-refractivity contribution in [1.82, 2.24) is 4.90 Å². The molecule has 0 saturated heterocycles. The first-order chi connectivity index (χ1) is 8.83. The molecule has 2 heterocycles. The lowest BCUT2D eigenvalue weighted by Gasteiger charge is -2.35. The number of amides is 1. The molecule has 0 aliphatic carbocycles. The molecule has 2 atom stereocenters. The van der Waals surface area contributed by atoms with Crippen LogP contribution in [0, 0.1) is 0 Å². The molecule has 0 aromatic heterocycles. The number of carbonyl (C=O) groups excluding carboxylic acids is 2. The van der Waals surface area contributed by atoms with Crippen molar-refractivity contribution in [2.75, 3.05) is 7.11 Å². The molecule has 2 aliphatic rings. The van der Waals surface area contributed by atoms with Crippen molar-refractivity contribution in [2.45, 2.75) is 44.9 Å². The molecule has 5 nitrogen and oxygen atoms in total. The minimum atomic E-state index is -0.552. The molecule has 0 aromatic rings. The highest BCUT2D eigenvalue weighted by atomic mass is 16.6. The number of methoxy groups -OCH3 is 1. The normalized spacial score (nSPS) is 25.1. The van der Waals surface area contributed by atoms with Crippen LogP contribution < -0.4 is 0 Å². The van der Waals surface area contributed by atoms with Crippen LogP contribution in [-0.4, -0.2) is 41.8 Å². The predicted octanol–water partition coefficient (Wildman–Crippen LogP) is 2.03. The van der Waals surface area contributed by atoms with Gasteiger partial charge in [-0.3, -0.25) is 4.90 Å². The predicted molar refractivity (Wildman–Crippen MR) is 69.5 cm³/mol. The van der Waals surface area contributed by atoms with Gasteiger partial charge in [0.15, 0.2) is 0 Å². The molecule has 19 heavy (non-hydrogen) atoms. The highest BCUT2D eigenvalue weighted by molar-refractivity contribution is 5.92. The van der Waals surface area contributed by atoms with Crippen LogP contribution in [0.3, 0.4) is 0 Å². The molecule has 0 unspecified atom stereocenters. The van der Waals surface area contributed by atoms with Gasteiger partial charge in [-0.2, -0.15) is 0 Å². The number of hydrogen-bond donors (Lipinski definition) is 0. The van der Waals surface area contributed by atoms with Crippen LogP contribution in [0.4, 0.5) is 4.79 Å². The fourth-order valence-corrected chi connectivity index (χ4v) is 2.32. The number of ether oxygens (including phenoxy) is 2. The summed E-state index contributed by atoms with van der Waals surface area (Å²) in [5, 5.41) is 0. The summed E-state index contributed by atoms with van der Waals surface area (Å²) in [5.41, 5.74) is -0.0540. The van der Waals surface area contributed by atoms with Gasteiger partial charge < -0.3 is 9.47 Å². The summed E-state index contributed by atoms with van der Waals surface area (Å²) in [6.45, 7) is 5.46. The average Bonchev–Trinajstić information content (AvgIpc) is 2.61. The van der Waals surface area contributed by atoms with Crippen molar-refractivity contribution in [3.63, 3.8) is 0 Å². The van der Waals surface area contributed by atoms with Crippen molar-refractivity contribution < 1.29 is 19.1 Å². The maximum Gasteiger partial charge on any atom is 0.411 e. The van der Waals surface area contributed by atoms with E-state index in [1.807, 2.05) is 39.0 Å². The van der Waals surface area contributed by atoms with E-state index in [1.165, 1.54) is 7.11 Å². The first kappa shape index (κ1) is 13.6. The first-order valence-electron chi connectivity index (χ1n) is 6.31. The van der Waals surface area contributed by atoms with Crippen LogP contribution in [0.5, 0.6) is 0 Å². The zero-order chi connectivity index (χ0) is 14.2. The number of hydrogen-bond acceptors (Lipinski definition) is 4. The average molecular weight is 265 g/mol. The van der Waals surface area contributed by atoms with E-state index in [-0.39, 0.29) is 12.1 Å². The molecule has 0 aromatic carbocycles. The molecule has 2 bridgehead atoms. The maximum absolute atomic E-state index is 12.2. The van der Waals surface area contributed by atoms with E-state index in [0.717, 1.165) is 0 Å². The zero-order valence-corrected chi connectivity index (χ0v) is 11.7. The van der Waals surface area contributed by atoms with E-state index >= 15 is 0 Å². The van der Waals surface area contributed by atoms with Gasteiger partial charge in [-0.05, 0) is 27.2 Å². The van der Waals surface area contributed by atoms with Gasteiger partial charge in [0, 0.05) is 0 Å². The third kappa shape index (κ3) is 2.64. The van der Waals surface area contributed by atoms with Gasteiger partial charge in [0.1, 0.15) is 5.60 Å². The third-order valence-electron chi connectivity index (χ3n) is 3.10. The van der Waals surface area contributed by atoms with Crippen molar-refractivity contribution >= 4 is 12.1 Å². The van der Waals surface area contributed by atoms with Gasteiger partial charge in [0.05, 0.1) is 24.8 Å². The molecule has 0 radical (unpaired) electrons. The fraction of sp³-hybridized carbons (Fsp3) is 0.571. The lowest BCUT2D eigenvalue weighted by molar-refractivity contribution is -0.136. The Morgan fingerprint density at radius 3 is 2.58 bits per heavy atom. The molecule has 2 rings (SSSR count). The second kappa shape index (κ2) is 4.72. The van der Waals surface area contributed by atoms with Crippen LogP contribution in [0.15, 0.2) is 23.8 Å². The van der Waals surface area contributed by atoms with Crippen LogP contribution in [0.25, 0.3) is 0 Å². The van der Waals surface area contributed by atoms with Gasteiger partial charge in [-0.1, -0.05) is 18.2 Å². The van der Waals surface area contributed by atoms with Gasteiger partial charge in [0.2, 0.25) is 0 Å². The molecule has 0 fully saturated rings. The highest BCUT2D eigenvalue weighted by Gasteiger charge is 2.41. The Hall–Kier alpha value is -1.78. The Morgan fingerprint density at radius 2 is 2.00 bits per heavy atom. The van der Waals surface area contributed by atoms with E-state index in [0.29, 0.717) is 12.0 Å². The summed E-state index contributed by atoms with van der Waals surface area (Å²) in [6, 6.07) is -0.408. The van der Waals surface area contributed by atoms with Gasteiger partial charge in [-0.25, -0.2) is 9.59 Å². The van der Waals surface area contributed by atoms with Crippen molar-refractivity contribution in [3.8, 4) is 0 Å². The zero-order valence-electron chi connectivity index (χ0n) is 11.7. The Labute approximate surface area is 112 Å². The molecule has 1 amide bonds. The van der Waals surface area contributed by atoms with Crippen LogP contribution >= 0.6 is 0 Å². The van der Waals surface area contributed by atoms with Crippen LogP contribution in [0.2, 0.25) is 0 Å². The summed E-state index contributed by atoms with van der Waals surface area (Å²) < 4.78 is 10.1. The summed E-state index contributed by atoms with van der Waals surface area (Å²) in [4.78, 5) is 25.5. The second-order valence-electron chi connectivity index (χ2n) is 5.67. The van der Waals surface area contributed by atoms with Crippen LogP contribution in [-0.2, 0) is 14.3 Å². The summed E-state index contributed by atoms with van der Waals surface area (Å²) in [5.74, 6) is -0.399. The monoisotopic (exact) mass is 265 g/mol. The van der Waals surface area contributed by atoms with Crippen molar-refractivity contribution in [1.29, 1.82) is 0 Å². The highest BCUT2D eigenvalue weighted by Crippen LogP contribution is 2.32. The molecule has 0 N–H and O–H groups in total. The van der Waals surface area contributed by atoms with Gasteiger partial charge >= 0.3 is 12.1 Å². The number of nitrogens with zero attached hydrogens (tertiary/aromatic N) is 1. The minimum Gasteiger partial charge on any atom is -0.466 e. The largest absolute Gasteiger partial charge is 0.466 e. The number of esters is 1. The molecular formula is C14H19NO4. The van der Waals surface area contributed by atoms with Crippen LogP contribution in [0.1, 0.15) is 27.2 Å². The molecule has 2 aliphatic heterocycles. The lowest BCUT2D eigenvalue weighted by atomic mass is 10.0. The van der Waals surface area contributed by atoms with E-state index in [2.05, 4.69) is 0 Å². The number of carbonyl (C=O) groups is 2. The Morgan fingerprint density at radius 1 is 1.32 bits per heavy atom. The van der Waals surface area contributed by atoms with E-state index in [4.69, 9.17) is 9.47 Å². The summed E-state index contributed by atoms with van der Waals surface area (Å²) >= 11 is 0. The van der Waals surface area contributed by atoms with E-state index in [9.17, 15) is 9.59 Å². The van der Waals surface area contributed by atoms with E-state index < -0.39 is 17.7 Å². The lowest BCUT2D eigenvalue weighted by Crippen LogP contribution is -2.48. The summed E-state index contributed by atoms with van der Waals surface area (Å²) in [7, 11) is 1.34. The number of rotatable bonds is 1. The number of fused-ring (bicyclic) bond motifs is 2. The quantitative estimate of drug-likeness (QED) is 0.537. The Kier molecular flexibility index (Phi) is 3.39. The molecule has 0 spiro atoms. The smallest absolute Gasteiger partial charge is 0.411 e. The topological polar surface area (TPSA) is 55.8 Å². The van der Waals surface area contributed by atoms with Crippen molar-refractivity contribution in [3.05, 3.63) is 23.8 Å². The third-order valence-corrected chi connectivity index (χ3v) is 3.10. The van der Waals surface area contributed by atoms with Crippen molar-refractivity contribution in [2.24, 2.45) is 0 Å².